The van der Waals surface area contributed by atoms with E-state index in [9.17, 15) is 0 Å². The number of nitrogens with one attached hydrogen (secondary N) is 1. The predicted molar refractivity (Wildman–Crippen MR) is 94.0 cm³/mol. The van der Waals surface area contributed by atoms with Crippen molar-refractivity contribution in [2.75, 3.05) is 11.9 Å². The van der Waals surface area contributed by atoms with Crippen molar-refractivity contribution in [3.05, 3.63) is 54.6 Å². The second-order valence-electron chi connectivity index (χ2n) is 5.25. The normalized spacial score (nSPS) is 13.8. The fourth-order valence-electron chi connectivity index (χ4n) is 2.52. The van der Waals surface area contributed by atoms with Crippen LogP contribution in [0.1, 0.15) is 6.42 Å². The average molecular weight is 301 g/mol. The van der Waals surface area contributed by atoms with Gasteiger partial charge in [0.1, 0.15) is 18.0 Å². The maximum absolute atomic E-state index is 4.72. The third-order valence-electron chi connectivity index (χ3n) is 3.67. The van der Waals surface area contributed by atoms with E-state index in [0.717, 1.165) is 41.1 Å². The topological polar surface area (TPSA) is 62.5 Å². The molecule has 1 N–H and O–H groups in total. The quantitative estimate of drug-likeness (QED) is 0.787. The first-order valence-corrected chi connectivity index (χ1v) is 7.54. The fraction of sp³-hybridized carbons (Fsp3) is 0.111. The van der Waals surface area contributed by atoms with Crippen molar-refractivity contribution < 1.29 is 0 Å². The zero-order valence-electron chi connectivity index (χ0n) is 12.5. The highest BCUT2D eigenvalue weighted by Gasteiger charge is 2.11. The Kier molecular flexibility index (Phi) is 3.52. The Morgan fingerprint density at radius 1 is 0.870 bits per heavy atom. The molecule has 0 saturated heterocycles. The molecule has 0 unspecified atom stereocenters. The van der Waals surface area contributed by atoms with Gasteiger partial charge in [-0.3, -0.25) is 4.99 Å². The number of anilines is 1. The number of fused-ring (bicyclic) bond motifs is 1. The highest BCUT2D eigenvalue weighted by Crippen LogP contribution is 2.25. The smallest absolute Gasteiger partial charge is 0.162 e. The second-order valence-corrected chi connectivity index (χ2v) is 5.25. The highest BCUT2D eigenvalue weighted by molar-refractivity contribution is 6.05. The van der Waals surface area contributed by atoms with E-state index in [1.54, 1.807) is 6.34 Å². The van der Waals surface area contributed by atoms with Crippen LogP contribution in [-0.4, -0.2) is 28.7 Å². The van der Waals surface area contributed by atoms with Gasteiger partial charge < -0.3 is 5.32 Å². The average Bonchev–Trinajstić information content (AvgIpc) is 2.63. The number of rotatable bonds is 2. The number of amidine groups is 1. The van der Waals surface area contributed by atoms with E-state index in [4.69, 9.17) is 4.98 Å². The van der Waals surface area contributed by atoms with E-state index in [1.165, 1.54) is 0 Å². The van der Waals surface area contributed by atoms with Gasteiger partial charge in [-0.05, 0) is 12.1 Å². The molecule has 2 heterocycles. The Bertz CT molecular complexity index is 900. The largest absolute Gasteiger partial charge is 0.328 e. The first kappa shape index (κ1) is 13.6. The number of nitrogens with zero attached hydrogens (tertiary/aromatic N) is 4. The maximum atomic E-state index is 4.72. The molecule has 1 aliphatic heterocycles. The van der Waals surface area contributed by atoms with Crippen LogP contribution in [0.25, 0.3) is 22.3 Å². The molecular weight excluding hydrogens is 286 g/mol. The van der Waals surface area contributed by atoms with Crippen LogP contribution in [0.15, 0.2) is 64.6 Å². The number of para-hydroxylation sites is 1. The summed E-state index contributed by atoms with van der Waals surface area (Å²) in [5.41, 5.74) is 1.90. The van der Waals surface area contributed by atoms with Gasteiger partial charge in [0.2, 0.25) is 0 Å². The van der Waals surface area contributed by atoms with E-state index in [1.807, 2.05) is 54.6 Å². The molecular formula is C18H15N5. The Hall–Kier alpha value is -3.08. The van der Waals surface area contributed by atoms with Crippen LogP contribution >= 0.6 is 0 Å². The zero-order valence-corrected chi connectivity index (χ0v) is 12.5. The summed E-state index contributed by atoms with van der Waals surface area (Å²) in [5.74, 6) is 2.36. The molecule has 0 bridgehead atoms. The van der Waals surface area contributed by atoms with Crippen LogP contribution < -0.4 is 5.32 Å². The summed E-state index contributed by atoms with van der Waals surface area (Å²) in [6, 6.07) is 18.0. The third-order valence-corrected chi connectivity index (χ3v) is 3.67. The van der Waals surface area contributed by atoms with Crippen molar-refractivity contribution in [3.63, 3.8) is 0 Å². The van der Waals surface area contributed by atoms with Gasteiger partial charge in [-0.2, -0.15) is 0 Å². The summed E-state index contributed by atoms with van der Waals surface area (Å²) in [6.45, 7) is 0.750. The molecule has 3 aromatic rings. The minimum atomic E-state index is 0.705. The predicted octanol–water partition coefficient (Wildman–Crippen LogP) is 3.54. The lowest BCUT2D eigenvalue weighted by molar-refractivity contribution is 1.02. The van der Waals surface area contributed by atoms with E-state index in [0.29, 0.717) is 5.82 Å². The lowest BCUT2D eigenvalue weighted by Crippen LogP contribution is -2.17. The van der Waals surface area contributed by atoms with Crippen molar-refractivity contribution in [2.45, 2.75) is 6.42 Å². The van der Waals surface area contributed by atoms with Crippen LogP contribution in [0.3, 0.4) is 0 Å². The number of hydrogen-bond acceptors (Lipinski definition) is 5. The monoisotopic (exact) mass is 301 g/mol. The van der Waals surface area contributed by atoms with Gasteiger partial charge in [-0.1, -0.05) is 42.5 Å². The molecule has 0 radical (unpaired) electrons. The van der Waals surface area contributed by atoms with Gasteiger partial charge >= 0.3 is 0 Å². The Labute approximate surface area is 133 Å². The fourth-order valence-corrected chi connectivity index (χ4v) is 2.52. The van der Waals surface area contributed by atoms with Crippen LogP contribution in [0.4, 0.5) is 5.82 Å². The molecule has 2 aromatic carbocycles. The molecule has 0 fully saturated rings. The number of aliphatic imine (C=N–C) groups is 2. The molecule has 5 nitrogen and oxygen atoms in total. The van der Waals surface area contributed by atoms with E-state index in [-0.39, 0.29) is 0 Å². The Balaban J connectivity index is 1.84. The molecule has 4 rings (SSSR count). The van der Waals surface area contributed by atoms with E-state index in [2.05, 4.69) is 20.3 Å². The lowest BCUT2D eigenvalue weighted by Gasteiger charge is -2.13. The summed E-state index contributed by atoms with van der Waals surface area (Å²) in [4.78, 5) is 17.8. The van der Waals surface area contributed by atoms with Crippen LogP contribution in [0.5, 0.6) is 0 Å². The lowest BCUT2D eigenvalue weighted by atomic mass is 10.2. The number of benzene rings is 2. The van der Waals surface area contributed by atoms with Gasteiger partial charge in [0.05, 0.1) is 5.52 Å². The molecule has 23 heavy (non-hydrogen) atoms. The van der Waals surface area contributed by atoms with Gasteiger partial charge in [0.25, 0.3) is 0 Å². The van der Waals surface area contributed by atoms with E-state index >= 15 is 0 Å². The van der Waals surface area contributed by atoms with Gasteiger partial charge in [-0.25, -0.2) is 15.0 Å². The van der Waals surface area contributed by atoms with Gasteiger partial charge in [0.15, 0.2) is 5.82 Å². The molecule has 1 aromatic heterocycles. The van der Waals surface area contributed by atoms with Crippen molar-refractivity contribution in [1.82, 2.24) is 9.97 Å². The summed E-state index contributed by atoms with van der Waals surface area (Å²) in [7, 11) is 0. The first-order chi connectivity index (χ1) is 11.4. The summed E-state index contributed by atoms with van der Waals surface area (Å²) in [6.07, 6.45) is 2.38. The Morgan fingerprint density at radius 2 is 1.70 bits per heavy atom. The molecule has 0 saturated carbocycles. The van der Waals surface area contributed by atoms with Crippen molar-refractivity contribution >= 4 is 28.9 Å². The molecule has 0 aliphatic carbocycles. The molecule has 0 spiro atoms. The number of aromatic nitrogens is 2. The van der Waals surface area contributed by atoms with E-state index < -0.39 is 0 Å². The minimum Gasteiger partial charge on any atom is -0.328 e. The molecule has 1 aliphatic rings. The van der Waals surface area contributed by atoms with Crippen LogP contribution in [0, 0.1) is 0 Å². The van der Waals surface area contributed by atoms with Crippen LogP contribution in [0.2, 0.25) is 0 Å². The minimum absolute atomic E-state index is 0.705. The van der Waals surface area contributed by atoms with Gasteiger partial charge in [-0.15, -0.1) is 0 Å². The molecule has 5 heteroatoms. The summed E-state index contributed by atoms with van der Waals surface area (Å²) in [5, 5.41) is 4.33. The van der Waals surface area contributed by atoms with Crippen LogP contribution in [-0.2, 0) is 0 Å². The SMILES string of the molecule is C1=NCCC(Nc2nc(-c3ccccc3)nc3ccccc23)=N1. The molecule has 0 amide bonds. The van der Waals surface area contributed by atoms with Crippen molar-refractivity contribution in [2.24, 2.45) is 9.98 Å². The first-order valence-electron chi connectivity index (χ1n) is 7.54. The van der Waals surface area contributed by atoms with Crippen molar-refractivity contribution in [3.8, 4) is 11.4 Å². The maximum Gasteiger partial charge on any atom is 0.162 e. The second kappa shape index (κ2) is 5.96. The zero-order chi connectivity index (χ0) is 15.5. The highest BCUT2D eigenvalue weighted by atomic mass is 15.1. The summed E-state index contributed by atoms with van der Waals surface area (Å²) >= 11 is 0. The third kappa shape index (κ3) is 2.81. The van der Waals surface area contributed by atoms with Crippen molar-refractivity contribution in [1.29, 1.82) is 0 Å². The van der Waals surface area contributed by atoms with Gasteiger partial charge in [0, 0.05) is 23.9 Å². The molecule has 112 valence electrons. The molecule has 0 atom stereocenters. The Morgan fingerprint density at radius 3 is 2.52 bits per heavy atom. The summed E-state index contributed by atoms with van der Waals surface area (Å²) < 4.78 is 0. The standard InChI is InChI=1S/C18H15N5/c1-2-6-13(7-3-1)17-21-15-9-5-4-8-14(15)18(23-17)22-16-10-11-19-12-20-16/h1-9,12H,10-11H2,(H,19,20,21,22,23). The number of hydrogen-bond donors (Lipinski definition) is 1.